The summed E-state index contributed by atoms with van der Waals surface area (Å²) in [6.45, 7) is 1.31. The number of amides is 2. The number of nitrogens with one attached hydrogen (secondary N) is 1. The second-order valence-corrected chi connectivity index (χ2v) is 9.89. The lowest BCUT2D eigenvalue weighted by molar-refractivity contribution is -0.186. The molecule has 5 nitrogen and oxygen atoms in total. The van der Waals surface area contributed by atoms with Crippen molar-refractivity contribution in [3.05, 3.63) is 30.3 Å². The molecule has 1 aromatic rings. The molecule has 0 radical (unpaired) electrons. The Hall–Kier alpha value is -1.88. The molecular weight excluding hydrogens is 352 g/mol. The average Bonchev–Trinajstić information content (AvgIpc) is 2.66. The van der Waals surface area contributed by atoms with Gasteiger partial charge >= 0.3 is 0 Å². The first-order valence-corrected chi connectivity index (χ1v) is 10.8. The van der Waals surface area contributed by atoms with Crippen LogP contribution in [0.4, 0.5) is 5.69 Å². The standard InChI is InChI=1S/C23H30N2O3/c26-20(24-19-4-2-1-3-5-19)18-6-8-25(9-7-18)21(27)22-11-16-10-17(12-22)14-23(28,13-16)15-22/h1-5,16-18,28H,6-15H2,(H,24,26). The van der Waals surface area contributed by atoms with Crippen LogP contribution in [0.15, 0.2) is 30.3 Å². The Morgan fingerprint density at radius 2 is 1.64 bits per heavy atom. The predicted octanol–water partition coefficient (Wildman–Crippen LogP) is 3.20. The molecular formula is C23H30N2O3. The third-order valence-corrected chi connectivity index (χ3v) is 7.68. The molecule has 1 aliphatic heterocycles. The summed E-state index contributed by atoms with van der Waals surface area (Å²) in [4.78, 5) is 28.0. The van der Waals surface area contributed by atoms with Crippen LogP contribution >= 0.6 is 0 Å². The van der Waals surface area contributed by atoms with Crippen molar-refractivity contribution in [2.45, 2.75) is 57.0 Å². The maximum Gasteiger partial charge on any atom is 0.228 e. The molecule has 6 rings (SSSR count). The third kappa shape index (κ3) is 3.14. The van der Waals surface area contributed by atoms with Crippen LogP contribution in [0.3, 0.4) is 0 Å². The molecule has 4 aliphatic carbocycles. The fourth-order valence-electron chi connectivity index (χ4n) is 6.91. The van der Waals surface area contributed by atoms with Crippen LogP contribution in [0.5, 0.6) is 0 Å². The van der Waals surface area contributed by atoms with E-state index in [-0.39, 0.29) is 23.1 Å². The van der Waals surface area contributed by atoms with Crippen LogP contribution in [0.25, 0.3) is 0 Å². The summed E-state index contributed by atoms with van der Waals surface area (Å²) in [6, 6.07) is 9.55. The summed E-state index contributed by atoms with van der Waals surface area (Å²) in [5.74, 6) is 1.31. The SMILES string of the molecule is O=C(Nc1ccccc1)C1CCN(C(=O)C23CC4CC(CC(O)(C4)C2)C3)CC1. The van der Waals surface area contributed by atoms with Crippen LogP contribution in [0.1, 0.15) is 51.4 Å². The summed E-state index contributed by atoms with van der Waals surface area (Å²) < 4.78 is 0. The summed E-state index contributed by atoms with van der Waals surface area (Å²) in [7, 11) is 0. The largest absolute Gasteiger partial charge is 0.390 e. The summed E-state index contributed by atoms with van der Waals surface area (Å²) in [5.41, 5.74) is -0.112. The van der Waals surface area contributed by atoms with Crippen LogP contribution < -0.4 is 5.32 Å². The van der Waals surface area contributed by atoms with Crippen LogP contribution in [0, 0.1) is 23.2 Å². The number of anilines is 1. The lowest BCUT2D eigenvalue weighted by Crippen LogP contribution is -2.61. The molecule has 2 N–H and O–H groups in total. The average molecular weight is 383 g/mol. The van der Waals surface area contributed by atoms with Gasteiger partial charge in [-0.05, 0) is 75.3 Å². The van der Waals surface area contributed by atoms with Crippen molar-refractivity contribution in [1.82, 2.24) is 4.90 Å². The fourth-order valence-corrected chi connectivity index (χ4v) is 6.91. The number of nitrogens with zero attached hydrogens (tertiary/aromatic N) is 1. The Bertz CT molecular complexity index is 755. The van der Waals surface area contributed by atoms with Gasteiger partial charge in [0, 0.05) is 24.7 Å². The lowest BCUT2D eigenvalue weighted by Gasteiger charge is -2.60. The molecule has 5 heteroatoms. The minimum Gasteiger partial charge on any atom is -0.390 e. The number of para-hydroxylation sites is 1. The molecule has 2 atom stereocenters. The lowest BCUT2D eigenvalue weighted by atomic mass is 9.47. The smallest absolute Gasteiger partial charge is 0.228 e. The molecule has 4 bridgehead atoms. The number of rotatable bonds is 3. The highest BCUT2D eigenvalue weighted by Crippen LogP contribution is 2.62. The van der Waals surface area contributed by atoms with Crippen molar-refractivity contribution >= 4 is 17.5 Å². The van der Waals surface area contributed by atoms with Crippen molar-refractivity contribution in [2.24, 2.45) is 23.2 Å². The maximum atomic E-state index is 13.5. The molecule has 1 saturated heterocycles. The van der Waals surface area contributed by atoms with Gasteiger partial charge in [0.05, 0.1) is 11.0 Å². The molecule has 5 aliphatic rings. The number of benzene rings is 1. The molecule has 5 fully saturated rings. The molecule has 1 heterocycles. The monoisotopic (exact) mass is 382 g/mol. The second-order valence-electron chi connectivity index (χ2n) is 9.89. The minimum atomic E-state index is -0.604. The van der Waals surface area contributed by atoms with E-state index in [4.69, 9.17) is 0 Å². The quantitative estimate of drug-likeness (QED) is 0.843. The molecule has 2 amide bonds. The van der Waals surface area contributed by atoms with Crippen LogP contribution in [0.2, 0.25) is 0 Å². The first-order chi connectivity index (χ1) is 13.4. The summed E-state index contributed by atoms with van der Waals surface area (Å²) in [6.07, 6.45) is 6.98. The number of carbonyl (C=O) groups excluding carboxylic acids is 2. The highest BCUT2D eigenvalue weighted by molar-refractivity contribution is 5.92. The second kappa shape index (κ2) is 6.58. The molecule has 1 aromatic carbocycles. The van der Waals surface area contributed by atoms with Crippen molar-refractivity contribution in [1.29, 1.82) is 0 Å². The molecule has 4 saturated carbocycles. The Morgan fingerprint density at radius 1 is 1.00 bits per heavy atom. The topological polar surface area (TPSA) is 69.6 Å². The molecule has 0 aromatic heterocycles. The van der Waals surface area contributed by atoms with Gasteiger partial charge in [-0.1, -0.05) is 18.2 Å². The van der Waals surface area contributed by atoms with E-state index in [1.807, 2.05) is 35.2 Å². The van der Waals surface area contributed by atoms with Crippen molar-refractivity contribution in [3.63, 3.8) is 0 Å². The molecule has 150 valence electrons. The van der Waals surface area contributed by atoms with Crippen molar-refractivity contribution in [2.75, 3.05) is 18.4 Å². The van der Waals surface area contributed by atoms with Gasteiger partial charge in [0.1, 0.15) is 0 Å². The molecule has 28 heavy (non-hydrogen) atoms. The van der Waals surface area contributed by atoms with E-state index in [1.165, 1.54) is 6.42 Å². The Balaban J connectivity index is 1.21. The number of likely N-dealkylation sites (tertiary alicyclic amines) is 1. The zero-order valence-electron chi connectivity index (χ0n) is 16.4. The number of hydrogen-bond acceptors (Lipinski definition) is 3. The van der Waals surface area contributed by atoms with E-state index < -0.39 is 5.60 Å². The Labute approximate surface area is 166 Å². The van der Waals surface area contributed by atoms with Crippen LogP contribution in [-0.2, 0) is 9.59 Å². The van der Waals surface area contributed by atoms with E-state index >= 15 is 0 Å². The first-order valence-electron chi connectivity index (χ1n) is 10.8. The maximum absolute atomic E-state index is 13.5. The Kier molecular flexibility index (Phi) is 4.27. The van der Waals surface area contributed by atoms with E-state index in [2.05, 4.69) is 5.32 Å². The zero-order chi connectivity index (χ0) is 19.4. The van der Waals surface area contributed by atoms with E-state index in [0.29, 0.717) is 31.3 Å². The van der Waals surface area contributed by atoms with Gasteiger partial charge in [-0.3, -0.25) is 9.59 Å². The fraction of sp³-hybridized carbons (Fsp3) is 0.652. The van der Waals surface area contributed by atoms with E-state index in [0.717, 1.165) is 44.2 Å². The zero-order valence-corrected chi connectivity index (χ0v) is 16.4. The highest BCUT2D eigenvalue weighted by atomic mass is 16.3. The van der Waals surface area contributed by atoms with Crippen molar-refractivity contribution < 1.29 is 14.7 Å². The molecule has 0 spiro atoms. The first kappa shape index (κ1) is 18.2. The van der Waals surface area contributed by atoms with E-state index in [9.17, 15) is 14.7 Å². The minimum absolute atomic E-state index is 0.0372. The number of carbonyl (C=O) groups is 2. The van der Waals surface area contributed by atoms with Crippen molar-refractivity contribution in [3.8, 4) is 0 Å². The number of aliphatic hydroxyl groups is 1. The summed E-state index contributed by atoms with van der Waals surface area (Å²) >= 11 is 0. The van der Waals surface area contributed by atoms with Crippen LogP contribution in [-0.4, -0.2) is 40.5 Å². The van der Waals surface area contributed by atoms with E-state index in [1.54, 1.807) is 0 Å². The number of hydrogen-bond donors (Lipinski definition) is 2. The van der Waals surface area contributed by atoms with Gasteiger partial charge in [0.25, 0.3) is 0 Å². The Morgan fingerprint density at radius 3 is 2.25 bits per heavy atom. The van der Waals surface area contributed by atoms with Gasteiger partial charge in [0.15, 0.2) is 0 Å². The van der Waals surface area contributed by atoms with Gasteiger partial charge < -0.3 is 15.3 Å². The highest BCUT2D eigenvalue weighted by Gasteiger charge is 2.60. The van der Waals surface area contributed by atoms with Gasteiger partial charge in [-0.2, -0.15) is 0 Å². The van der Waals surface area contributed by atoms with Gasteiger partial charge in [0.2, 0.25) is 11.8 Å². The normalized spacial score (nSPS) is 37.1. The summed E-state index contributed by atoms with van der Waals surface area (Å²) in [5, 5.41) is 13.9. The molecule has 2 unspecified atom stereocenters. The predicted molar refractivity (Wildman–Crippen MR) is 106 cm³/mol. The number of piperidine rings is 1. The van der Waals surface area contributed by atoms with Gasteiger partial charge in [-0.25, -0.2) is 0 Å². The third-order valence-electron chi connectivity index (χ3n) is 7.68. The van der Waals surface area contributed by atoms with Gasteiger partial charge in [-0.15, -0.1) is 0 Å².